The summed E-state index contributed by atoms with van der Waals surface area (Å²) < 4.78 is 18.4. The van der Waals surface area contributed by atoms with Crippen molar-refractivity contribution in [2.24, 2.45) is 0 Å². The third kappa shape index (κ3) is 3.55. The van der Waals surface area contributed by atoms with Gasteiger partial charge in [-0.15, -0.1) is 0 Å². The molecular formula is C20H15Cl2FN4O2S. The molecule has 1 N–H and O–H groups in total. The Kier molecular flexibility index (Phi) is 5.48. The van der Waals surface area contributed by atoms with Gasteiger partial charge in [-0.25, -0.2) is 14.2 Å². The highest BCUT2D eigenvalue weighted by Crippen LogP contribution is 2.44. The van der Waals surface area contributed by atoms with Gasteiger partial charge in [0.25, 0.3) is 0 Å². The van der Waals surface area contributed by atoms with Crippen LogP contribution < -0.4 is 0 Å². The Morgan fingerprint density at radius 3 is 2.67 bits per heavy atom. The third-order valence-electron chi connectivity index (χ3n) is 4.45. The lowest BCUT2D eigenvalue weighted by Gasteiger charge is -2.06. The molecule has 0 saturated carbocycles. The van der Waals surface area contributed by atoms with Gasteiger partial charge in [0, 0.05) is 17.6 Å². The van der Waals surface area contributed by atoms with Crippen molar-refractivity contribution >= 4 is 51.8 Å². The number of aromatic carboxylic acids is 1. The highest BCUT2D eigenvalue weighted by atomic mass is 35.5. The fourth-order valence-corrected chi connectivity index (χ4v) is 4.52. The van der Waals surface area contributed by atoms with E-state index >= 15 is 4.39 Å². The number of hydrogen-bond donors (Lipinski definition) is 1. The number of aromatic nitrogens is 4. The van der Waals surface area contributed by atoms with Gasteiger partial charge in [-0.3, -0.25) is 9.25 Å². The van der Waals surface area contributed by atoms with Crippen LogP contribution in [0.25, 0.3) is 16.6 Å². The monoisotopic (exact) mass is 464 g/mol. The number of nitrogens with zero attached hydrogens (tertiary/aromatic N) is 4. The second-order valence-corrected chi connectivity index (χ2v) is 8.55. The molecule has 0 saturated heterocycles. The van der Waals surface area contributed by atoms with Crippen molar-refractivity contribution < 1.29 is 14.3 Å². The van der Waals surface area contributed by atoms with Gasteiger partial charge in [-0.2, -0.15) is 5.10 Å². The Balaban J connectivity index is 1.93. The Morgan fingerprint density at radius 2 is 2.00 bits per heavy atom. The van der Waals surface area contributed by atoms with E-state index in [4.69, 9.17) is 23.2 Å². The second-order valence-electron chi connectivity index (χ2n) is 6.75. The number of pyridine rings is 1. The Hall–Kier alpha value is -2.55. The number of fused-ring (bicyclic) bond motifs is 1. The molecule has 0 unspecified atom stereocenters. The summed E-state index contributed by atoms with van der Waals surface area (Å²) >= 11 is 13.9. The smallest absolute Gasteiger partial charge is 0.354 e. The fourth-order valence-electron chi connectivity index (χ4n) is 3.01. The molecule has 4 aromatic rings. The molecule has 3 aromatic heterocycles. The van der Waals surface area contributed by atoms with Gasteiger partial charge in [0.05, 0.1) is 27.3 Å². The van der Waals surface area contributed by atoms with Crippen molar-refractivity contribution in [3.8, 4) is 5.69 Å². The minimum Gasteiger partial charge on any atom is -0.477 e. The number of rotatable bonds is 5. The SMILES string of the molecule is CC(C)n1cc(-n2c(Cl)c(Sc3cccc(C(=O)O)n3)c3ccc(Cl)c(F)c32)cn1. The summed E-state index contributed by atoms with van der Waals surface area (Å²) in [6.07, 6.45) is 3.37. The van der Waals surface area contributed by atoms with Crippen LogP contribution >= 0.6 is 35.0 Å². The molecule has 154 valence electrons. The van der Waals surface area contributed by atoms with Crippen molar-refractivity contribution in [3.63, 3.8) is 0 Å². The predicted octanol–water partition coefficient (Wildman–Crippen LogP) is 6.10. The first kappa shape index (κ1) is 20.7. The molecule has 4 rings (SSSR count). The highest BCUT2D eigenvalue weighted by Gasteiger charge is 2.24. The van der Waals surface area contributed by atoms with Crippen LogP contribution in [-0.2, 0) is 0 Å². The maximum Gasteiger partial charge on any atom is 0.354 e. The van der Waals surface area contributed by atoms with Crippen molar-refractivity contribution in [1.82, 2.24) is 19.3 Å². The number of halogens is 3. The molecule has 0 amide bonds. The van der Waals surface area contributed by atoms with E-state index in [2.05, 4.69) is 10.1 Å². The van der Waals surface area contributed by atoms with Gasteiger partial charge in [0.1, 0.15) is 15.9 Å². The molecule has 0 radical (unpaired) electrons. The zero-order valence-electron chi connectivity index (χ0n) is 15.8. The van der Waals surface area contributed by atoms with Crippen LogP contribution in [0.2, 0.25) is 10.2 Å². The minimum absolute atomic E-state index is 0.0308. The molecule has 3 heterocycles. The summed E-state index contributed by atoms with van der Waals surface area (Å²) in [5.74, 6) is -1.74. The van der Waals surface area contributed by atoms with Gasteiger partial charge in [-0.1, -0.05) is 41.0 Å². The van der Waals surface area contributed by atoms with Crippen molar-refractivity contribution in [2.45, 2.75) is 29.8 Å². The molecule has 10 heteroatoms. The van der Waals surface area contributed by atoms with Crippen molar-refractivity contribution in [3.05, 3.63) is 64.4 Å². The summed E-state index contributed by atoms with van der Waals surface area (Å²) in [5.41, 5.74) is 0.707. The van der Waals surface area contributed by atoms with Crippen LogP contribution in [0.15, 0.2) is 52.6 Å². The highest BCUT2D eigenvalue weighted by molar-refractivity contribution is 7.99. The normalized spacial score (nSPS) is 11.5. The van der Waals surface area contributed by atoms with Crippen molar-refractivity contribution in [1.29, 1.82) is 0 Å². The van der Waals surface area contributed by atoms with Gasteiger partial charge in [0.2, 0.25) is 0 Å². The average molecular weight is 465 g/mol. The van der Waals surface area contributed by atoms with E-state index in [9.17, 15) is 9.90 Å². The third-order valence-corrected chi connectivity index (χ3v) is 6.26. The summed E-state index contributed by atoms with van der Waals surface area (Å²) in [6, 6.07) is 7.92. The van der Waals surface area contributed by atoms with Crippen LogP contribution in [0.4, 0.5) is 4.39 Å². The quantitative estimate of drug-likeness (QED) is 0.386. The van der Waals surface area contributed by atoms with Crippen LogP contribution in [0.5, 0.6) is 0 Å². The van der Waals surface area contributed by atoms with E-state index in [0.717, 1.165) is 11.8 Å². The largest absolute Gasteiger partial charge is 0.477 e. The van der Waals surface area contributed by atoms with Crippen LogP contribution in [0.1, 0.15) is 30.4 Å². The first-order valence-corrected chi connectivity index (χ1v) is 10.5. The van der Waals surface area contributed by atoms with Gasteiger partial charge in [0.15, 0.2) is 5.82 Å². The molecule has 0 aliphatic heterocycles. The number of carboxylic acids is 1. The maximum absolute atomic E-state index is 15.1. The number of carbonyl (C=O) groups is 1. The average Bonchev–Trinajstić information content (AvgIpc) is 3.29. The van der Waals surface area contributed by atoms with Crippen LogP contribution in [0, 0.1) is 5.82 Å². The minimum atomic E-state index is -1.13. The van der Waals surface area contributed by atoms with E-state index in [1.54, 1.807) is 39.8 Å². The number of benzene rings is 1. The lowest BCUT2D eigenvalue weighted by molar-refractivity contribution is 0.0689. The Labute approximate surface area is 185 Å². The molecule has 0 fully saturated rings. The zero-order valence-corrected chi connectivity index (χ0v) is 18.1. The summed E-state index contributed by atoms with van der Waals surface area (Å²) in [6.45, 7) is 3.96. The van der Waals surface area contributed by atoms with Gasteiger partial charge < -0.3 is 5.11 Å². The molecule has 30 heavy (non-hydrogen) atoms. The molecular weight excluding hydrogens is 450 g/mol. The lowest BCUT2D eigenvalue weighted by atomic mass is 10.2. The van der Waals surface area contributed by atoms with E-state index in [0.29, 0.717) is 21.0 Å². The predicted molar refractivity (Wildman–Crippen MR) is 115 cm³/mol. The first-order valence-electron chi connectivity index (χ1n) is 8.88. The number of hydrogen-bond acceptors (Lipinski definition) is 4. The number of carboxylic acid groups (broad SMARTS) is 1. The van der Waals surface area contributed by atoms with Gasteiger partial charge in [-0.05, 0) is 38.1 Å². The topological polar surface area (TPSA) is 72.9 Å². The second kappa shape index (κ2) is 7.94. The summed E-state index contributed by atoms with van der Waals surface area (Å²) in [7, 11) is 0. The molecule has 0 atom stereocenters. The lowest BCUT2D eigenvalue weighted by Crippen LogP contribution is -2.00. The molecule has 1 aromatic carbocycles. The van der Waals surface area contributed by atoms with Crippen molar-refractivity contribution in [2.75, 3.05) is 0 Å². The van der Waals surface area contributed by atoms with Crippen LogP contribution in [-0.4, -0.2) is 30.4 Å². The Morgan fingerprint density at radius 1 is 1.23 bits per heavy atom. The molecule has 0 aliphatic rings. The summed E-state index contributed by atoms with van der Waals surface area (Å²) in [4.78, 5) is 15.9. The summed E-state index contributed by atoms with van der Waals surface area (Å²) in [5, 5.41) is 14.7. The maximum atomic E-state index is 15.1. The molecule has 0 bridgehead atoms. The standard InChI is InChI=1S/C20H15Cl2FN4O2S/c1-10(2)26-9-11(8-24-26)27-17-12(6-7-13(21)16(17)23)18(19(27)22)30-15-5-3-4-14(25-15)20(28)29/h3-10H,1-2H3,(H,28,29). The van der Waals surface area contributed by atoms with E-state index in [1.807, 2.05) is 13.8 Å². The fraction of sp³-hybridized carbons (Fsp3) is 0.150. The van der Waals surface area contributed by atoms with E-state index in [-0.39, 0.29) is 27.4 Å². The van der Waals surface area contributed by atoms with Gasteiger partial charge >= 0.3 is 5.97 Å². The molecule has 0 spiro atoms. The van der Waals surface area contributed by atoms with E-state index in [1.165, 1.54) is 12.1 Å². The Bertz CT molecular complexity index is 1290. The molecule has 0 aliphatic carbocycles. The molecule has 6 nitrogen and oxygen atoms in total. The zero-order chi connectivity index (χ0) is 21.6. The van der Waals surface area contributed by atoms with E-state index < -0.39 is 11.8 Å². The van der Waals surface area contributed by atoms with Crippen LogP contribution in [0.3, 0.4) is 0 Å². The first-order chi connectivity index (χ1) is 14.3.